The minimum absolute atomic E-state index is 0.0161. The Balaban J connectivity index is 2.26. The molecular formula is C13H17N3O3. The van der Waals surface area contributed by atoms with E-state index in [1.54, 1.807) is 13.0 Å². The monoisotopic (exact) mass is 263 g/mol. The molecule has 1 saturated heterocycles. The number of rotatable bonds is 2. The molecule has 0 saturated carbocycles. The summed E-state index contributed by atoms with van der Waals surface area (Å²) in [6.07, 6.45) is 0. The summed E-state index contributed by atoms with van der Waals surface area (Å²) in [4.78, 5) is 24.5. The minimum Gasteiger partial charge on any atom is -0.333 e. The number of piperazine rings is 1. The number of nitrogens with one attached hydrogen (secondary N) is 1. The molecule has 6 nitrogen and oxygen atoms in total. The lowest BCUT2D eigenvalue weighted by Crippen LogP contribution is -2.52. The molecule has 0 aliphatic carbocycles. The fourth-order valence-corrected chi connectivity index (χ4v) is 2.30. The molecule has 102 valence electrons. The van der Waals surface area contributed by atoms with Gasteiger partial charge < -0.3 is 10.2 Å². The molecule has 1 fully saturated rings. The molecule has 0 bridgehead atoms. The maximum Gasteiger partial charge on any atom is 0.269 e. The largest absolute Gasteiger partial charge is 0.333 e. The highest BCUT2D eigenvalue weighted by Crippen LogP contribution is 2.19. The van der Waals surface area contributed by atoms with Crippen molar-refractivity contribution in [2.75, 3.05) is 19.6 Å². The van der Waals surface area contributed by atoms with Gasteiger partial charge in [0.05, 0.1) is 4.92 Å². The molecule has 19 heavy (non-hydrogen) atoms. The van der Waals surface area contributed by atoms with Gasteiger partial charge in [0.15, 0.2) is 0 Å². The first-order chi connectivity index (χ1) is 9.00. The Bertz CT molecular complexity index is 516. The highest BCUT2D eigenvalue weighted by atomic mass is 16.6. The van der Waals surface area contributed by atoms with E-state index in [-0.39, 0.29) is 17.6 Å². The fraction of sp³-hybridized carbons (Fsp3) is 0.462. The van der Waals surface area contributed by atoms with Gasteiger partial charge in [-0.25, -0.2) is 0 Å². The van der Waals surface area contributed by atoms with Crippen LogP contribution in [0.5, 0.6) is 0 Å². The van der Waals surface area contributed by atoms with Crippen LogP contribution in [0.4, 0.5) is 5.69 Å². The molecule has 1 atom stereocenters. The van der Waals surface area contributed by atoms with Crippen LogP contribution in [0.1, 0.15) is 22.8 Å². The summed E-state index contributed by atoms with van der Waals surface area (Å²) >= 11 is 0. The third-order valence-electron chi connectivity index (χ3n) is 3.41. The Kier molecular flexibility index (Phi) is 3.80. The summed E-state index contributed by atoms with van der Waals surface area (Å²) in [6.45, 7) is 5.94. The van der Waals surface area contributed by atoms with Gasteiger partial charge in [0, 0.05) is 43.4 Å². The Labute approximate surface area is 111 Å². The third kappa shape index (κ3) is 2.73. The van der Waals surface area contributed by atoms with Gasteiger partial charge in [0.25, 0.3) is 11.6 Å². The van der Waals surface area contributed by atoms with Gasteiger partial charge >= 0.3 is 0 Å². The molecule has 1 aromatic carbocycles. The topological polar surface area (TPSA) is 75.5 Å². The van der Waals surface area contributed by atoms with Crippen molar-refractivity contribution in [3.05, 3.63) is 39.4 Å². The Morgan fingerprint density at radius 2 is 2.26 bits per heavy atom. The van der Waals surface area contributed by atoms with Crippen LogP contribution in [0.15, 0.2) is 18.2 Å². The van der Waals surface area contributed by atoms with E-state index < -0.39 is 4.92 Å². The summed E-state index contributed by atoms with van der Waals surface area (Å²) in [5, 5.41) is 13.9. The number of hydrogen-bond acceptors (Lipinski definition) is 4. The molecule has 1 aliphatic heterocycles. The summed E-state index contributed by atoms with van der Waals surface area (Å²) in [6, 6.07) is 4.51. The number of hydrogen-bond donors (Lipinski definition) is 1. The SMILES string of the molecule is Cc1cc([N+](=O)[O-])ccc1C(=O)N1CCNCC1C. The number of nitrogens with zero attached hydrogens (tertiary/aromatic N) is 2. The van der Waals surface area contributed by atoms with Gasteiger partial charge in [-0.3, -0.25) is 14.9 Å². The number of benzene rings is 1. The first kappa shape index (κ1) is 13.5. The molecule has 0 spiro atoms. The van der Waals surface area contributed by atoms with Crippen LogP contribution in [0.3, 0.4) is 0 Å². The van der Waals surface area contributed by atoms with Gasteiger partial charge in [-0.2, -0.15) is 0 Å². The molecule has 1 unspecified atom stereocenters. The molecule has 6 heteroatoms. The lowest BCUT2D eigenvalue weighted by atomic mass is 10.1. The van der Waals surface area contributed by atoms with Gasteiger partial charge in [-0.05, 0) is 25.5 Å². The molecule has 0 radical (unpaired) electrons. The predicted octanol–water partition coefficient (Wildman–Crippen LogP) is 1.34. The molecule has 2 rings (SSSR count). The second kappa shape index (κ2) is 5.36. The van der Waals surface area contributed by atoms with Gasteiger partial charge in [0.1, 0.15) is 0 Å². The maximum atomic E-state index is 12.4. The summed E-state index contributed by atoms with van der Waals surface area (Å²) in [5.74, 6) is -0.0543. The molecule has 1 aliphatic rings. The van der Waals surface area contributed by atoms with E-state index in [2.05, 4.69) is 5.32 Å². The zero-order valence-electron chi connectivity index (χ0n) is 11.0. The van der Waals surface area contributed by atoms with Gasteiger partial charge in [-0.1, -0.05) is 0 Å². The summed E-state index contributed by atoms with van der Waals surface area (Å²) in [5.41, 5.74) is 1.20. The van der Waals surface area contributed by atoms with Crippen molar-refractivity contribution in [3.8, 4) is 0 Å². The Morgan fingerprint density at radius 1 is 1.53 bits per heavy atom. The Morgan fingerprint density at radius 3 is 2.84 bits per heavy atom. The first-order valence-electron chi connectivity index (χ1n) is 6.27. The van der Waals surface area contributed by atoms with Crippen molar-refractivity contribution in [2.24, 2.45) is 0 Å². The quantitative estimate of drug-likeness (QED) is 0.645. The van der Waals surface area contributed by atoms with Crippen LogP contribution in [0.25, 0.3) is 0 Å². The van der Waals surface area contributed by atoms with Crippen molar-refractivity contribution in [1.82, 2.24) is 10.2 Å². The highest BCUT2D eigenvalue weighted by molar-refractivity contribution is 5.96. The van der Waals surface area contributed by atoms with Crippen molar-refractivity contribution in [2.45, 2.75) is 19.9 Å². The Hall–Kier alpha value is -1.95. The molecular weight excluding hydrogens is 246 g/mol. The van der Waals surface area contributed by atoms with Crippen LogP contribution in [0, 0.1) is 17.0 Å². The summed E-state index contributed by atoms with van der Waals surface area (Å²) in [7, 11) is 0. The second-order valence-electron chi connectivity index (χ2n) is 4.81. The van der Waals surface area contributed by atoms with Crippen LogP contribution in [0.2, 0.25) is 0 Å². The zero-order valence-corrected chi connectivity index (χ0v) is 11.0. The van der Waals surface area contributed by atoms with Crippen LogP contribution >= 0.6 is 0 Å². The number of nitro groups is 1. The van der Waals surface area contributed by atoms with Crippen molar-refractivity contribution in [3.63, 3.8) is 0 Å². The fourth-order valence-electron chi connectivity index (χ4n) is 2.30. The number of non-ortho nitro benzene ring substituents is 1. The van der Waals surface area contributed by atoms with E-state index in [1.165, 1.54) is 12.1 Å². The number of amides is 1. The highest BCUT2D eigenvalue weighted by Gasteiger charge is 2.25. The molecule has 1 N–H and O–H groups in total. The normalized spacial score (nSPS) is 19.3. The summed E-state index contributed by atoms with van der Waals surface area (Å²) < 4.78 is 0. The smallest absolute Gasteiger partial charge is 0.269 e. The molecule has 0 aromatic heterocycles. The van der Waals surface area contributed by atoms with E-state index in [9.17, 15) is 14.9 Å². The minimum atomic E-state index is -0.450. The molecule has 1 heterocycles. The number of carbonyl (C=O) groups excluding carboxylic acids is 1. The number of carbonyl (C=O) groups is 1. The average molecular weight is 263 g/mol. The van der Waals surface area contributed by atoms with Crippen molar-refractivity contribution in [1.29, 1.82) is 0 Å². The standard InChI is InChI=1S/C13H17N3O3/c1-9-7-11(16(18)19)3-4-12(9)13(17)15-6-5-14-8-10(15)2/h3-4,7,10,14H,5-6,8H2,1-2H3. The van der Waals surface area contributed by atoms with E-state index in [0.29, 0.717) is 17.7 Å². The van der Waals surface area contributed by atoms with Crippen LogP contribution < -0.4 is 5.32 Å². The van der Waals surface area contributed by atoms with E-state index >= 15 is 0 Å². The molecule has 1 aromatic rings. The lowest BCUT2D eigenvalue weighted by Gasteiger charge is -2.34. The second-order valence-corrected chi connectivity index (χ2v) is 4.81. The molecule has 1 amide bonds. The first-order valence-corrected chi connectivity index (χ1v) is 6.27. The zero-order chi connectivity index (χ0) is 14.0. The average Bonchev–Trinajstić information content (AvgIpc) is 2.38. The van der Waals surface area contributed by atoms with E-state index in [4.69, 9.17) is 0 Å². The van der Waals surface area contributed by atoms with Gasteiger partial charge in [0.2, 0.25) is 0 Å². The lowest BCUT2D eigenvalue weighted by molar-refractivity contribution is -0.384. The number of aryl methyl sites for hydroxylation is 1. The predicted molar refractivity (Wildman–Crippen MR) is 71.2 cm³/mol. The third-order valence-corrected chi connectivity index (χ3v) is 3.41. The van der Waals surface area contributed by atoms with Crippen molar-refractivity contribution >= 4 is 11.6 Å². The van der Waals surface area contributed by atoms with E-state index in [1.807, 2.05) is 11.8 Å². The van der Waals surface area contributed by atoms with Crippen molar-refractivity contribution < 1.29 is 9.72 Å². The number of nitro benzene ring substituents is 1. The maximum absolute atomic E-state index is 12.4. The van der Waals surface area contributed by atoms with Gasteiger partial charge in [-0.15, -0.1) is 0 Å². The van der Waals surface area contributed by atoms with Crippen LogP contribution in [-0.2, 0) is 0 Å². The van der Waals surface area contributed by atoms with Crippen LogP contribution in [-0.4, -0.2) is 41.4 Å². The van der Waals surface area contributed by atoms with E-state index in [0.717, 1.165) is 13.1 Å².